The SMILES string of the molecule is C/C=C(/C/C=C(\C)CCC=C(C)C)S(=O)(=O)c1ccccc1.O=C1OC(Sc2ccccc2)c2ccccc21. The lowest BCUT2D eigenvalue weighted by Crippen LogP contribution is -2.04. The first kappa shape index (κ1) is 30.2. The van der Waals surface area contributed by atoms with Gasteiger partial charge in [0.15, 0.2) is 5.44 Å². The van der Waals surface area contributed by atoms with Crippen LogP contribution in [-0.2, 0) is 14.6 Å². The fraction of sp³-hybridized carbons (Fsp3) is 0.242. The minimum atomic E-state index is -3.38. The van der Waals surface area contributed by atoms with E-state index in [1.165, 1.54) is 11.1 Å². The number of thioether (sulfide) groups is 1. The number of esters is 1. The minimum Gasteiger partial charge on any atom is -0.442 e. The third kappa shape index (κ3) is 8.84. The average molecular weight is 561 g/mol. The van der Waals surface area contributed by atoms with Gasteiger partial charge in [-0.15, -0.1) is 0 Å². The maximum Gasteiger partial charge on any atom is 0.340 e. The van der Waals surface area contributed by atoms with Gasteiger partial charge in [0.1, 0.15) is 0 Å². The van der Waals surface area contributed by atoms with Crippen LogP contribution in [0.3, 0.4) is 0 Å². The Hall–Kier alpha value is -3.35. The molecule has 0 aromatic heterocycles. The van der Waals surface area contributed by atoms with E-state index in [0.29, 0.717) is 21.8 Å². The highest BCUT2D eigenvalue weighted by Crippen LogP contribution is 2.42. The first-order valence-electron chi connectivity index (χ1n) is 13.0. The highest BCUT2D eigenvalue weighted by Gasteiger charge is 2.31. The first-order chi connectivity index (χ1) is 18.7. The number of hydrogen-bond donors (Lipinski definition) is 0. The molecule has 204 valence electrons. The maximum atomic E-state index is 12.6. The molecule has 3 aromatic carbocycles. The number of cyclic esters (lactones) is 1. The van der Waals surface area contributed by atoms with E-state index >= 15 is 0 Å². The standard InChI is InChI=1S/C19H26O2S.C14H10O2S/c1-5-18(15-14-17(4)11-9-10-16(2)3)22(20,21)19-12-7-6-8-13-19;15-13-11-8-4-5-9-12(11)14(16-13)17-10-6-2-1-3-7-10/h5-8,10,12-14H,9,11,15H2,1-4H3;1-9,14H/b17-14+,18-5-;. The van der Waals surface area contributed by atoms with Gasteiger partial charge in [-0.2, -0.15) is 0 Å². The topological polar surface area (TPSA) is 60.4 Å². The Balaban J connectivity index is 0.000000221. The van der Waals surface area contributed by atoms with Crippen LogP contribution in [0.5, 0.6) is 0 Å². The summed E-state index contributed by atoms with van der Waals surface area (Å²) in [5.74, 6) is -0.228. The summed E-state index contributed by atoms with van der Waals surface area (Å²) in [6.07, 6.45) is 8.34. The van der Waals surface area contributed by atoms with Crippen molar-refractivity contribution in [1.29, 1.82) is 0 Å². The summed E-state index contributed by atoms with van der Waals surface area (Å²) < 4.78 is 30.5. The Kier molecular flexibility index (Phi) is 11.4. The molecule has 0 fully saturated rings. The molecule has 0 saturated carbocycles. The molecule has 1 unspecified atom stereocenters. The van der Waals surface area contributed by atoms with E-state index in [0.717, 1.165) is 23.3 Å². The summed E-state index contributed by atoms with van der Waals surface area (Å²) in [7, 11) is -3.38. The molecule has 1 atom stereocenters. The Morgan fingerprint density at radius 3 is 2.13 bits per heavy atom. The number of carbonyl (C=O) groups excluding carboxylic acids is 1. The first-order valence-corrected chi connectivity index (χ1v) is 15.3. The number of allylic oxidation sites excluding steroid dienone is 6. The van der Waals surface area contributed by atoms with Crippen LogP contribution in [-0.4, -0.2) is 14.4 Å². The van der Waals surface area contributed by atoms with Gasteiger partial charge in [-0.1, -0.05) is 95.7 Å². The maximum absolute atomic E-state index is 12.6. The number of sulfone groups is 1. The van der Waals surface area contributed by atoms with Gasteiger partial charge in [-0.25, -0.2) is 13.2 Å². The second-order valence-corrected chi connectivity index (χ2v) is 12.5. The van der Waals surface area contributed by atoms with E-state index in [2.05, 4.69) is 26.8 Å². The lowest BCUT2D eigenvalue weighted by atomic mass is 10.1. The summed E-state index contributed by atoms with van der Waals surface area (Å²) in [5, 5.41) is 0. The molecule has 6 heteroatoms. The number of benzene rings is 3. The number of ether oxygens (including phenoxy) is 1. The molecule has 0 bridgehead atoms. The third-order valence-electron chi connectivity index (χ3n) is 6.10. The van der Waals surface area contributed by atoms with Gasteiger partial charge in [-0.05, 0) is 70.9 Å². The van der Waals surface area contributed by atoms with Crippen LogP contribution in [0.15, 0.2) is 129 Å². The second-order valence-electron chi connectivity index (χ2n) is 9.40. The van der Waals surface area contributed by atoms with E-state index in [4.69, 9.17) is 4.74 Å². The monoisotopic (exact) mass is 560 g/mol. The molecular weight excluding hydrogens is 524 g/mol. The van der Waals surface area contributed by atoms with Crippen molar-refractivity contribution >= 4 is 27.6 Å². The van der Waals surface area contributed by atoms with Crippen molar-refractivity contribution in [2.45, 2.75) is 62.2 Å². The lowest BCUT2D eigenvalue weighted by Gasteiger charge is -2.09. The van der Waals surface area contributed by atoms with E-state index < -0.39 is 9.84 Å². The number of hydrogen-bond acceptors (Lipinski definition) is 5. The zero-order valence-corrected chi connectivity index (χ0v) is 24.6. The van der Waals surface area contributed by atoms with Crippen LogP contribution < -0.4 is 0 Å². The average Bonchev–Trinajstić information content (AvgIpc) is 3.25. The van der Waals surface area contributed by atoms with E-state index in [-0.39, 0.29) is 11.4 Å². The van der Waals surface area contributed by atoms with Crippen LogP contribution in [0.1, 0.15) is 68.3 Å². The Bertz CT molecular complexity index is 1430. The van der Waals surface area contributed by atoms with Gasteiger partial charge < -0.3 is 4.74 Å². The molecule has 0 radical (unpaired) electrons. The molecular formula is C33H36O4S2. The molecule has 1 heterocycles. The van der Waals surface area contributed by atoms with Crippen molar-refractivity contribution in [3.8, 4) is 0 Å². The van der Waals surface area contributed by atoms with Crippen molar-refractivity contribution in [2.75, 3.05) is 0 Å². The molecule has 4 rings (SSSR count). The molecule has 0 saturated heterocycles. The van der Waals surface area contributed by atoms with Gasteiger partial charge >= 0.3 is 5.97 Å². The molecule has 3 aromatic rings. The van der Waals surface area contributed by atoms with Crippen molar-refractivity contribution in [2.24, 2.45) is 0 Å². The molecule has 0 spiro atoms. The minimum absolute atomic E-state index is 0.221. The van der Waals surface area contributed by atoms with Crippen molar-refractivity contribution < 1.29 is 17.9 Å². The summed E-state index contributed by atoms with van der Waals surface area (Å²) in [5.41, 5.74) is 3.96. The predicted molar refractivity (Wildman–Crippen MR) is 161 cm³/mol. The quantitative estimate of drug-likeness (QED) is 0.193. The van der Waals surface area contributed by atoms with E-state index in [9.17, 15) is 13.2 Å². The molecule has 0 aliphatic carbocycles. The molecule has 4 nitrogen and oxygen atoms in total. The molecule has 39 heavy (non-hydrogen) atoms. The zero-order valence-electron chi connectivity index (χ0n) is 23.0. The summed E-state index contributed by atoms with van der Waals surface area (Å²) in [6.45, 7) is 8.01. The fourth-order valence-electron chi connectivity index (χ4n) is 3.92. The van der Waals surface area contributed by atoms with E-state index in [1.54, 1.807) is 49.0 Å². The van der Waals surface area contributed by atoms with Crippen molar-refractivity contribution in [3.63, 3.8) is 0 Å². The summed E-state index contributed by atoms with van der Waals surface area (Å²) in [4.78, 5) is 13.5. The highest BCUT2D eigenvalue weighted by atomic mass is 32.2. The predicted octanol–water partition coefficient (Wildman–Crippen LogP) is 9.09. The number of rotatable bonds is 9. The smallest absolute Gasteiger partial charge is 0.340 e. The van der Waals surface area contributed by atoms with Crippen molar-refractivity contribution in [3.05, 3.63) is 130 Å². The highest BCUT2D eigenvalue weighted by molar-refractivity contribution is 7.99. The summed E-state index contributed by atoms with van der Waals surface area (Å²) in [6, 6.07) is 26.1. The second kappa shape index (κ2) is 14.7. The van der Waals surface area contributed by atoms with Crippen LogP contribution in [0.4, 0.5) is 0 Å². The zero-order chi connectivity index (χ0) is 28.3. The van der Waals surface area contributed by atoms with Crippen LogP contribution >= 0.6 is 11.8 Å². The molecule has 1 aliphatic rings. The van der Waals surface area contributed by atoms with Crippen LogP contribution in [0.25, 0.3) is 0 Å². The molecule has 0 N–H and O–H groups in total. The molecule has 0 amide bonds. The van der Waals surface area contributed by atoms with Gasteiger partial charge in [0, 0.05) is 21.8 Å². The van der Waals surface area contributed by atoms with Crippen LogP contribution in [0, 0.1) is 0 Å². The number of carbonyl (C=O) groups is 1. The summed E-state index contributed by atoms with van der Waals surface area (Å²) >= 11 is 1.55. The van der Waals surface area contributed by atoms with Crippen molar-refractivity contribution in [1.82, 2.24) is 0 Å². The molecule has 1 aliphatic heterocycles. The third-order valence-corrected chi connectivity index (χ3v) is 9.19. The Morgan fingerprint density at radius 1 is 0.872 bits per heavy atom. The lowest BCUT2D eigenvalue weighted by molar-refractivity contribution is 0.0522. The van der Waals surface area contributed by atoms with Crippen LogP contribution in [0.2, 0.25) is 0 Å². The Labute approximate surface area is 237 Å². The normalized spacial score (nSPS) is 15.1. The Morgan fingerprint density at radius 2 is 1.49 bits per heavy atom. The van der Waals surface area contributed by atoms with E-state index in [1.807, 2.05) is 66.7 Å². The number of fused-ring (bicyclic) bond motifs is 1. The van der Waals surface area contributed by atoms with Gasteiger partial charge in [0.2, 0.25) is 9.84 Å². The fourth-order valence-corrected chi connectivity index (χ4v) is 6.38. The van der Waals surface area contributed by atoms with Gasteiger partial charge in [-0.3, -0.25) is 0 Å². The largest absolute Gasteiger partial charge is 0.442 e. The van der Waals surface area contributed by atoms with Gasteiger partial charge in [0.05, 0.1) is 10.5 Å². The van der Waals surface area contributed by atoms with Gasteiger partial charge in [0.25, 0.3) is 0 Å².